The summed E-state index contributed by atoms with van der Waals surface area (Å²) in [6, 6.07) is 5.24. The molecular formula is C13H14ClNO2. The summed E-state index contributed by atoms with van der Waals surface area (Å²) in [6.07, 6.45) is 0.829. The first-order valence-corrected chi connectivity index (χ1v) is 5.99. The Bertz CT molecular complexity index is 466. The molecule has 0 saturated carbocycles. The van der Waals surface area contributed by atoms with E-state index in [0.717, 1.165) is 5.56 Å². The number of benzene rings is 1. The van der Waals surface area contributed by atoms with Crippen molar-refractivity contribution < 1.29 is 9.59 Å². The topological polar surface area (TPSA) is 37.4 Å². The number of nitrogens with zero attached hydrogens (tertiary/aromatic N) is 1. The maximum atomic E-state index is 11.9. The van der Waals surface area contributed by atoms with Crippen LogP contribution in [0.25, 0.3) is 0 Å². The van der Waals surface area contributed by atoms with Gasteiger partial charge in [0.15, 0.2) is 0 Å². The Hall–Kier alpha value is -1.35. The Morgan fingerprint density at radius 3 is 2.41 bits per heavy atom. The SMILES string of the molecule is Cc1ccc(Cl)cc1N1C(=O)CC(C)CC1=O. The van der Waals surface area contributed by atoms with E-state index in [1.165, 1.54) is 4.90 Å². The van der Waals surface area contributed by atoms with Gasteiger partial charge in [-0.15, -0.1) is 0 Å². The normalized spacial score (nSPS) is 17.7. The Labute approximate surface area is 105 Å². The van der Waals surface area contributed by atoms with Gasteiger partial charge < -0.3 is 0 Å². The lowest BCUT2D eigenvalue weighted by Crippen LogP contribution is -2.43. The molecule has 1 aromatic carbocycles. The monoisotopic (exact) mass is 251 g/mol. The van der Waals surface area contributed by atoms with Crippen LogP contribution in [-0.2, 0) is 9.59 Å². The van der Waals surface area contributed by atoms with E-state index >= 15 is 0 Å². The minimum Gasteiger partial charge on any atom is -0.274 e. The van der Waals surface area contributed by atoms with E-state index in [9.17, 15) is 9.59 Å². The minimum absolute atomic E-state index is 0.130. The number of rotatable bonds is 1. The van der Waals surface area contributed by atoms with Gasteiger partial charge in [0.1, 0.15) is 0 Å². The van der Waals surface area contributed by atoms with Crippen LogP contribution in [0.1, 0.15) is 25.3 Å². The van der Waals surface area contributed by atoms with Crippen LogP contribution in [0.2, 0.25) is 5.02 Å². The fraction of sp³-hybridized carbons (Fsp3) is 0.385. The van der Waals surface area contributed by atoms with Crippen molar-refractivity contribution in [3.8, 4) is 0 Å². The van der Waals surface area contributed by atoms with Crippen LogP contribution in [0.3, 0.4) is 0 Å². The molecule has 1 fully saturated rings. The zero-order valence-electron chi connectivity index (χ0n) is 9.87. The number of carbonyl (C=O) groups is 2. The lowest BCUT2D eigenvalue weighted by molar-refractivity contribution is -0.130. The number of hydrogen-bond acceptors (Lipinski definition) is 2. The number of carbonyl (C=O) groups excluding carboxylic acids is 2. The number of piperidine rings is 1. The minimum atomic E-state index is -0.140. The Kier molecular flexibility index (Phi) is 3.20. The molecule has 0 N–H and O–H groups in total. The lowest BCUT2D eigenvalue weighted by atomic mass is 9.96. The van der Waals surface area contributed by atoms with Gasteiger partial charge in [0.25, 0.3) is 0 Å². The van der Waals surface area contributed by atoms with Crippen molar-refractivity contribution in [2.24, 2.45) is 5.92 Å². The van der Waals surface area contributed by atoms with E-state index < -0.39 is 0 Å². The van der Waals surface area contributed by atoms with E-state index in [4.69, 9.17) is 11.6 Å². The maximum absolute atomic E-state index is 11.9. The quantitative estimate of drug-likeness (QED) is 0.720. The van der Waals surface area contributed by atoms with E-state index in [-0.39, 0.29) is 17.7 Å². The molecular weight excluding hydrogens is 238 g/mol. The van der Waals surface area contributed by atoms with Crippen LogP contribution >= 0.6 is 11.6 Å². The standard InChI is InChI=1S/C13H14ClNO2/c1-8-5-12(16)15(13(17)6-8)11-7-10(14)4-3-9(11)2/h3-4,7-8H,5-6H2,1-2H3. The molecule has 0 bridgehead atoms. The second-order valence-electron chi connectivity index (χ2n) is 4.57. The second kappa shape index (κ2) is 4.49. The number of amides is 2. The summed E-state index contributed by atoms with van der Waals surface area (Å²) >= 11 is 5.91. The molecule has 0 radical (unpaired) electrons. The highest BCUT2D eigenvalue weighted by Crippen LogP contribution is 2.29. The Morgan fingerprint density at radius 1 is 1.24 bits per heavy atom. The third-order valence-corrected chi connectivity index (χ3v) is 3.19. The summed E-state index contributed by atoms with van der Waals surface area (Å²) in [6.45, 7) is 3.78. The summed E-state index contributed by atoms with van der Waals surface area (Å²) in [5.74, 6) is -0.149. The third kappa shape index (κ3) is 2.34. The van der Waals surface area contributed by atoms with Crippen LogP contribution in [0.15, 0.2) is 18.2 Å². The number of hydrogen-bond donors (Lipinski definition) is 0. The zero-order valence-corrected chi connectivity index (χ0v) is 10.6. The van der Waals surface area contributed by atoms with E-state index in [1.54, 1.807) is 12.1 Å². The summed E-state index contributed by atoms with van der Waals surface area (Å²) < 4.78 is 0. The Balaban J connectivity index is 2.41. The number of anilines is 1. The van der Waals surface area contributed by atoms with Gasteiger partial charge in [-0.1, -0.05) is 24.6 Å². The van der Waals surface area contributed by atoms with Crippen molar-refractivity contribution in [1.29, 1.82) is 0 Å². The van der Waals surface area contributed by atoms with Crippen molar-refractivity contribution in [3.05, 3.63) is 28.8 Å². The van der Waals surface area contributed by atoms with E-state index in [0.29, 0.717) is 23.6 Å². The molecule has 2 rings (SSSR count). The van der Waals surface area contributed by atoms with Crippen molar-refractivity contribution in [2.75, 3.05) is 4.90 Å². The molecule has 1 saturated heterocycles. The van der Waals surface area contributed by atoms with Crippen LogP contribution in [-0.4, -0.2) is 11.8 Å². The van der Waals surface area contributed by atoms with E-state index in [2.05, 4.69) is 0 Å². The van der Waals surface area contributed by atoms with Crippen LogP contribution in [0, 0.1) is 12.8 Å². The summed E-state index contributed by atoms with van der Waals surface area (Å²) in [7, 11) is 0. The van der Waals surface area contributed by atoms with Crippen LogP contribution < -0.4 is 4.90 Å². The summed E-state index contributed by atoms with van der Waals surface area (Å²) in [5.41, 5.74) is 1.49. The van der Waals surface area contributed by atoms with Gasteiger partial charge in [0.05, 0.1) is 5.69 Å². The van der Waals surface area contributed by atoms with Gasteiger partial charge in [0.2, 0.25) is 11.8 Å². The van der Waals surface area contributed by atoms with Gasteiger partial charge in [-0.2, -0.15) is 0 Å². The molecule has 0 spiro atoms. The van der Waals surface area contributed by atoms with E-state index in [1.807, 2.05) is 19.9 Å². The second-order valence-corrected chi connectivity index (χ2v) is 5.00. The molecule has 3 nitrogen and oxygen atoms in total. The molecule has 1 aromatic rings. The predicted molar refractivity (Wildman–Crippen MR) is 67.1 cm³/mol. The molecule has 4 heteroatoms. The number of halogens is 1. The number of imide groups is 1. The van der Waals surface area contributed by atoms with Crippen molar-refractivity contribution in [1.82, 2.24) is 0 Å². The molecule has 1 heterocycles. The molecule has 90 valence electrons. The maximum Gasteiger partial charge on any atom is 0.234 e. The molecule has 1 aliphatic heterocycles. The first-order valence-electron chi connectivity index (χ1n) is 5.61. The molecule has 17 heavy (non-hydrogen) atoms. The smallest absolute Gasteiger partial charge is 0.234 e. The van der Waals surface area contributed by atoms with Gasteiger partial charge in [-0.3, -0.25) is 14.5 Å². The molecule has 0 aliphatic carbocycles. The van der Waals surface area contributed by atoms with Gasteiger partial charge >= 0.3 is 0 Å². The Morgan fingerprint density at radius 2 is 1.82 bits per heavy atom. The first-order chi connectivity index (χ1) is 7.99. The zero-order chi connectivity index (χ0) is 12.6. The van der Waals surface area contributed by atoms with Gasteiger partial charge in [-0.05, 0) is 30.5 Å². The van der Waals surface area contributed by atoms with Gasteiger partial charge in [-0.25, -0.2) is 0 Å². The average Bonchev–Trinajstić information content (AvgIpc) is 2.21. The fourth-order valence-electron chi connectivity index (χ4n) is 2.08. The van der Waals surface area contributed by atoms with Crippen molar-refractivity contribution in [2.45, 2.75) is 26.7 Å². The highest BCUT2D eigenvalue weighted by Gasteiger charge is 2.32. The van der Waals surface area contributed by atoms with Crippen molar-refractivity contribution in [3.63, 3.8) is 0 Å². The van der Waals surface area contributed by atoms with Crippen LogP contribution in [0.5, 0.6) is 0 Å². The number of aryl methyl sites for hydroxylation is 1. The third-order valence-electron chi connectivity index (χ3n) is 2.96. The summed E-state index contributed by atoms with van der Waals surface area (Å²) in [5, 5.41) is 0.532. The molecule has 0 aromatic heterocycles. The fourth-order valence-corrected chi connectivity index (χ4v) is 2.25. The van der Waals surface area contributed by atoms with Crippen molar-refractivity contribution >= 4 is 29.1 Å². The first kappa shape index (κ1) is 12.1. The highest BCUT2D eigenvalue weighted by molar-refractivity contribution is 6.31. The average molecular weight is 252 g/mol. The lowest BCUT2D eigenvalue weighted by Gasteiger charge is -2.29. The van der Waals surface area contributed by atoms with Gasteiger partial charge in [0, 0.05) is 17.9 Å². The summed E-state index contributed by atoms with van der Waals surface area (Å²) in [4.78, 5) is 25.1. The molecule has 0 unspecified atom stereocenters. The van der Waals surface area contributed by atoms with Crippen LogP contribution in [0.4, 0.5) is 5.69 Å². The molecule has 0 atom stereocenters. The molecule has 1 aliphatic rings. The largest absolute Gasteiger partial charge is 0.274 e. The molecule has 2 amide bonds. The predicted octanol–water partition coefficient (Wildman–Crippen LogP) is 2.94. The highest BCUT2D eigenvalue weighted by atomic mass is 35.5.